The lowest BCUT2D eigenvalue weighted by Crippen LogP contribution is -2.48. The Morgan fingerprint density at radius 1 is 1.00 bits per heavy atom. The molecule has 3 aromatic rings. The van der Waals surface area contributed by atoms with Gasteiger partial charge in [-0.2, -0.15) is 4.98 Å². The van der Waals surface area contributed by atoms with Gasteiger partial charge in [-0.15, -0.1) is 0 Å². The van der Waals surface area contributed by atoms with Crippen LogP contribution in [0.2, 0.25) is 0 Å². The SMILES string of the molecule is Cc1cc2nc3c(=O)[nH]c(=O)[nH]c3[n+](CCNC(CCC(=O)OC(C)(C)C)C(=O)OC(C)(C)C)c2cc1C. The molecule has 0 radical (unpaired) electrons. The molecule has 0 saturated carbocycles. The zero-order valence-corrected chi connectivity index (χ0v) is 23.4. The number of hydrogen-bond donors (Lipinski definition) is 3. The van der Waals surface area contributed by atoms with Crippen LogP contribution in [0.5, 0.6) is 0 Å². The summed E-state index contributed by atoms with van der Waals surface area (Å²) in [6, 6.07) is 3.07. The second-order valence-electron chi connectivity index (χ2n) is 11.5. The van der Waals surface area contributed by atoms with Crippen molar-refractivity contribution in [2.24, 2.45) is 0 Å². The summed E-state index contributed by atoms with van der Waals surface area (Å²) in [6.45, 7) is 15.2. The van der Waals surface area contributed by atoms with Gasteiger partial charge in [-0.25, -0.2) is 14.3 Å². The van der Waals surface area contributed by atoms with E-state index in [0.717, 1.165) is 16.6 Å². The Kier molecular flexibility index (Phi) is 8.40. The van der Waals surface area contributed by atoms with Gasteiger partial charge in [0.05, 0.1) is 0 Å². The molecule has 0 fully saturated rings. The van der Waals surface area contributed by atoms with Gasteiger partial charge in [-0.1, -0.05) is 0 Å². The summed E-state index contributed by atoms with van der Waals surface area (Å²) in [7, 11) is 0. The molecule has 0 spiro atoms. The fourth-order valence-electron chi connectivity index (χ4n) is 4.01. The van der Waals surface area contributed by atoms with E-state index in [0.29, 0.717) is 12.1 Å². The van der Waals surface area contributed by atoms with E-state index in [1.165, 1.54) is 0 Å². The van der Waals surface area contributed by atoms with Crippen LogP contribution >= 0.6 is 0 Å². The molecule has 1 aromatic carbocycles. The van der Waals surface area contributed by atoms with Gasteiger partial charge in [-0.3, -0.25) is 19.4 Å². The third kappa shape index (κ3) is 7.47. The first-order chi connectivity index (χ1) is 17.5. The summed E-state index contributed by atoms with van der Waals surface area (Å²) in [5.41, 5.74) is 1.19. The van der Waals surface area contributed by atoms with Crippen molar-refractivity contribution >= 4 is 34.1 Å². The first-order valence-corrected chi connectivity index (χ1v) is 12.7. The number of ether oxygens (including phenoxy) is 2. The molecule has 38 heavy (non-hydrogen) atoms. The first-order valence-electron chi connectivity index (χ1n) is 12.7. The quantitative estimate of drug-likeness (QED) is 0.229. The molecule has 3 N–H and O–H groups in total. The summed E-state index contributed by atoms with van der Waals surface area (Å²) < 4.78 is 12.8. The van der Waals surface area contributed by atoms with Crippen molar-refractivity contribution in [3.8, 4) is 0 Å². The van der Waals surface area contributed by atoms with Crippen LogP contribution in [-0.4, -0.2) is 50.7 Å². The van der Waals surface area contributed by atoms with Crippen molar-refractivity contribution < 1.29 is 23.6 Å². The Bertz CT molecular complexity index is 1480. The van der Waals surface area contributed by atoms with Crippen LogP contribution in [0.3, 0.4) is 0 Å². The second kappa shape index (κ2) is 11.0. The van der Waals surface area contributed by atoms with Gasteiger partial charge in [0.25, 0.3) is 5.56 Å². The molecule has 0 bridgehead atoms. The Balaban J connectivity index is 1.91. The topological polar surface area (TPSA) is 147 Å². The number of nitrogens with one attached hydrogen (secondary N) is 3. The number of rotatable bonds is 8. The van der Waals surface area contributed by atoms with E-state index in [9.17, 15) is 19.2 Å². The molecule has 0 saturated heterocycles. The number of aromatic nitrogens is 4. The number of nitrogens with zero attached hydrogens (tertiary/aromatic N) is 2. The summed E-state index contributed by atoms with van der Waals surface area (Å²) in [6.07, 6.45) is 0.213. The average molecular weight is 529 g/mol. The monoisotopic (exact) mass is 528 g/mol. The number of fused-ring (bicyclic) bond motifs is 2. The van der Waals surface area contributed by atoms with E-state index in [1.807, 2.05) is 26.0 Å². The van der Waals surface area contributed by atoms with Gasteiger partial charge in [0, 0.05) is 13.0 Å². The lowest BCUT2D eigenvalue weighted by Gasteiger charge is -2.25. The molecule has 11 heteroatoms. The van der Waals surface area contributed by atoms with E-state index < -0.39 is 40.4 Å². The molecule has 1 atom stereocenters. The van der Waals surface area contributed by atoms with E-state index in [1.54, 1.807) is 46.1 Å². The van der Waals surface area contributed by atoms with Crippen molar-refractivity contribution in [3.63, 3.8) is 0 Å². The highest BCUT2D eigenvalue weighted by molar-refractivity contribution is 5.80. The highest BCUT2D eigenvalue weighted by atomic mass is 16.6. The first kappa shape index (κ1) is 29.0. The predicted octanol–water partition coefficient (Wildman–Crippen LogP) is 2.09. The molecule has 3 rings (SSSR count). The Labute approximate surface area is 221 Å². The molecule has 206 valence electrons. The van der Waals surface area contributed by atoms with Crippen LogP contribution in [0.1, 0.15) is 65.5 Å². The van der Waals surface area contributed by atoms with Crippen molar-refractivity contribution in [1.82, 2.24) is 20.3 Å². The molecular weight excluding hydrogens is 490 g/mol. The molecule has 2 heterocycles. The Morgan fingerprint density at radius 3 is 2.26 bits per heavy atom. The van der Waals surface area contributed by atoms with Gasteiger partial charge < -0.3 is 14.8 Å². The third-order valence-electron chi connectivity index (χ3n) is 5.76. The minimum Gasteiger partial charge on any atom is -0.460 e. The van der Waals surface area contributed by atoms with Gasteiger partial charge in [-0.05, 0) is 85.1 Å². The van der Waals surface area contributed by atoms with Crippen molar-refractivity contribution in [2.45, 2.75) is 92.0 Å². The maximum Gasteiger partial charge on any atom is 0.413 e. The lowest BCUT2D eigenvalue weighted by molar-refractivity contribution is -0.645. The highest BCUT2D eigenvalue weighted by Crippen LogP contribution is 2.17. The molecule has 0 aliphatic heterocycles. The molecule has 11 nitrogen and oxygen atoms in total. The minimum absolute atomic E-state index is 0.0314. The standard InChI is InChI=1S/C27H37N5O6/c1-15-13-18-19(14-16(15)2)32(22-21(29-18)23(34)31-25(36)30-22)12-11-28-17(24(35)38-27(6,7)8)9-10-20(33)37-26(3,4)5/h13-14,17,28H,9-12H2,1-8H3,(H,31,34,36)/p+1. The van der Waals surface area contributed by atoms with Crippen LogP contribution < -0.4 is 21.1 Å². The number of hydrogen-bond acceptors (Lipinski definition) is 8. The normalized spacial score (nSPS) is 13.1. The number of carbonyl (C=O) groups excluding carboxylic acids is 2. The van der Waals surface area contributed by atoms with E-state index >= 15 is 0 Å². The maximum absolute atomic E-state index is 12.9. The van der Waals surface area contributed by atoms with Crippen LogP contribution in [0.15, 0.2) is 21.7 Å². The number of aromatic amines is 2. The number of carbonyl (C=O) groups is 2. The van der Waals surface area contributed by atoms with Gasteiger partial charge in [0.2, 0.25) is 5.52 Å². The predicted molar refractivity (Wildman–Crippen MR) is 143 cm³/mol. The summed E-state index contributed by atoms with van der Waals surface area (Å²) in [5.74, 6) is -0.886. The highest BCUT2D eigenvalue weighted by Gasteiger charge is 2.27. The van der Waals surface area contributed by atoms with Gasteiger partial charge >= 0.3 is 23.3 Å². The van der Waals surface area contributed by atoms with E-state index in [4.69, 9.17) is 9.47 Å². The molecular formula is C27H38N5O6+. The summed E-state index contributed by atoms with van der Waals surface area (Å²) >= 11 is 0. The molecule has 0 aliphatic rings. The molecule has 0 aliphatic carbocycles. The maximum atomic E-state index is 12.9. The van der Waals surface area contributed by atoms with Crippen molar-refractivity contribution in [1.29, 1.82) is 0 Å². The molecule has 1 unspecified atom stereocenters. The van der Waals surface area contributed by atoms with E-state index in [2.05, 4.69) is 20.3 Å². The number of esters is 2. The smallest absolute Gasteiger partial charge is 0.413 e. The van der Waals surface area contributed by atoms with Crippen molar-refractivity contribution in [3.05, 3.63) is 44.1 Å². The zero-order valence-electron chi connectivity index (χ0n) is 23.4. The zero-order chi connectivity index (χ0) is 28.4. The number of aryl methyl sites for hydroxylation is 2. The van der Waals surface area contributed by atoms with Gasteiger partial charge in [0.15, 0.2) is 5.52 Å². The Hall–Kier alpha value is -3.60. The number of benzene rings is 1. The molecule has 2 aromatic heterocycles. The minimum atomic E-state index is -0.770. The second-order valence-corrected chi connectivity index (χ2v) is 11.5. The van der Waals surface area contributed by atoms with Crippen molar-refractivity contribution in [2.75, 3.05) is 6.54 Å². The summed E-state index contributed by atoms with van der Waals surface area (Å²) in [4.78, 5) is 59.3. The molecule has 0 amide bonds. The Morgan fingerprint density at radius 2 is 1.63 bits per heavy atom. The number of H-pyrrole nitrogens is 2. The summed E-state index contributed by atoms with van der Waals surface area (Å²) in [5, 5.41) is 3.19. The van der Waals surface area contributed by atoms with Crippen LogP contribution in [0.25, 0.3) is 22.2 Å². The van der Waals surface area contributed by atoms with Crippen LogP contribution in [-0.2, 0) is 25.6 Å². The third-order valence-corrected chi connectivity index (χ3v) is 5.76. The largest absolute Gasteiger partial charge is 0.460 e. The average Bonchev–Trinajstić information content (AvgIpc) is 2.74. The fraction of sp³-hybridized carbons (Fsp3) is 0.556. The fourth-order valence-corrected chi connectivity index (χ4v) is 4.01. The lowest BCUT2D eigenvalue weighted by atomic mass is 10.1. The van der Waals surface area contributed by atoms with E-state index in [-0.39, 0.29) is 30.6 Å². The van der Waals surface area contributed by atoms with Crippen LogP contribution in [0.4, 0.5) is 0 Å². The van der Waals surface area contributed by atoms with Crippen LogP contribution in [0, 0.1) is 13.8 Å². The van der Waals surface area contributed by atoms with Gasteiger partial charge in [0.1, 0.15) is 29.3 Å².